The van der Waals surface area contributed by atoms with Crippen LogP contribution in [0, 0.1) is 0 Å². The number of aliphatic imine (C=N–C) groups is 1. The van der Waals surface area contributed by atoms with Crippen LogP contribution in [0.1, 0.15) is 18.2 Å². The van der Waals surface area contributed by atoms with E-state index in [2.05, 4.69) is 25.3 Å². The number of nitrogens with one attached hydrogen (secondary N) is 2. The quantitative estimate of drug-likeness (QED) is 0.474. The van der Waals surface area contributed by atoms with Crippen molar-refractivity contribution in [2.75, 3.05) is 6.54 Å². The highest BCUT2D eigenvalue weighted by Crippen LogP contribution is 2.26. The van der Waals surface area contributed by atoms with Gasteiger partial charge in [-0.05, 0) is 24.4 Å². The Labute approximate surface area is 166 Å². The fraction of sp³-hybridized carbons (Fsp3) is 0.238. The van der Waals surface area contributed by atoms with Gasteiger partial charge >= 0.3 is 6.36 Å². The van der Waals surface area contributed by atoms with E-state index in [1.54, 1.807) is 18.3 Å². The van der Waals surface area contributed by atoms with Gasteiger partial charge in [0, 0.05) is 23.7 Å². The SMILES string of the molecule is CCNC(=NCc1ccccc1OC(F)(F)F)NCc1nccc2ccccc12. The molecule has 0 saturated heterocycles. The standard InChI is InChI=1S/C21H21F3N4O/c1-2-25-20(27-13-16-8-4-6-10-19(16)29-21(22,23)24)28-14-18-17-9-5-3-7-15(17)11-12-26-18/h3-12H,2,13-14H2,1H3,(H2,25,27,28). The van der Waals surface area contributed by atoms with Crippen molar-refractivity contribution >= 4 is 16.7 Å². The number of aromatic nitrogens is 1. The largest absolute Gasteiger partial charge is 0.573 e. The lowest BCUT2D eigenvalue weighted by molar-refractivity contribution is -0.274. The smallest absolute Gasteiger partial charge is 0.405 e. The first kappa shape index (κ1) is 20.4. The summed E-state index contributed by atoms with van der Waals surface area (Å²) < 4.78 is 41.8. The van der Waals surface area contributed by atoms with Crippen LogP contribution in [0.25, 0.3) is 10.8 Å². The Hall–Kier alpha value is -3.29. The van der Waals surface area contributed by atoms with Crippen molar-refractivity contribution in [3.05, 3.63) is 72.1 Å². The summed E-state index contributed by atoms with van der Waals surface area (Å²) in [6, 6.07) is 15.8. The van der Waals surface area contributed by atoms with Crippen molar-refractivity contribution in [1.29, 1.82) is 0 Å². The van der Waals surface area contributed by atoms with Crippen molar-refractivity contribution < 1.29 is 17.9 Å². The van der Waals surface area contributed by atoms with Crippen LogP contribution >= 0.6 is 0 Å². The third-order valence-electron chi connectivity index (χ3n) is 4.13. The number of rotatable bonds is 6. The first-order valence-electron chi connectivity index (χ1n) is 9.14. The van der Waals surface area contributed by atoms with Crippen molar-refractivity contribution in [3.63, 3.8) is 0 Å². The van der Waals surface area contributed by atoms with Crippen LogP contribution in [0.4, 0.5) is 13.2 Å². The highest BCUT2D eigenvalue weighted by molar-refractivity contribution is 5.85. The monoisotopic (exact) mass is 402 g/mol. The molecule has 0 saturated carbocycles. The fourth-order valence-corrected chi connectivity index (χ4v) is 2.86. The lowest BCUT2D eigenvalue weighted by Gasteiger charge is -2.14. The summed E-state index contributed by atoms with van der Waals surface area (Å²) >= 11 is 0. The lowest BCUT2D eigenvalue weighted by Crippen LogP contribution is -2.37. The average Bonchev–Trinajstić information content (AvgIpc) is 2.70. The minimum atomic E-state index is -4.75. The molecule has 0 bridgehead atoms. The number of hydrogen-bond donors (Lipinski definition) is 2. The Morgan fingerprint density at radius 1 is 1.03 bits per heavy atom. The number of ether oxygens (including phenoxy) is 1. The lowest BCUT2D eigenvalue weighted by atomic mass is 10.1. The maximum Gasteiger partial charge on any atom is 0.573 e. The van der Waals surface area contributed by atoms with Crippen LogP contribution in [-0.2, 0) is 13.1 Å². The summed E-state index contributed by atoms with van der Waals surface area (Å²) in [5, 5.41) is 8.38. The van der Waals surface area contributed by atoms with Crippen molar-refractivity contribution in [2.24, 2.45) is 4.99 Å². The van der Waals surface area contributed by atoms with E-state index in [1.807, 2.05) is 37.3 Å². The summed E-state index contributed by atoms with van der Waals surface area (Å²) in [5.74, 6) is 0.222. The van der Waals surface area contributed by atoms with Gasteiger partial charge in [-0.1, -0.05) is 42.5 Å². The molecule has 1 heterocycles. The molecular weight excluding hydrogens is 381 g/mol. The molecule has 0 unspecified atom stereocenters. The topological polar surface area (TPSA) is 58.5 Å². The summed E-state index contributed by atoms with van der Waals surface area (Å²) in [5.41, 5.74) is 1.19. The molecule has 0 fully saturated rings. The van der Waals surface area contributed by atoms with Gasteiger partial charge in [-0.3, -0.25) is 4.98 Å². The first-order chi connectivity index (χ1) is 14.0. The van der Waals surface area contributed by atoms with Crippen LogP contribution in [0.15, 0.2) is 65.8 Å². The number of guanidine groups is 1. The maximum absolute atomic E-state index is 12.6. The molecule has 0 aliphatic rings. The van der Waals surface area contributed by atoms with Crippen LogP contribution < -0.4 is 15.4 Å². The van der Waals surface area contributed by atoms with Gasteiger partial charge < -0.3 is 15.4 Å². The fourth-order valence-electron chi connectivity index (χ4n) is 2.86. The van der Waals surface area contributed by atoms with Gasteiger partial charge in [0.2, 0.25) is 0 Å². The Kier molecular flexibility index (Phi) is 6.54. The second-order valence-electron chi connectivity index (χ2n) is 6.18. The molecule has 29 heavy (non-hydrogen) atoms. The predicted molar refractivity (Wildman–Crippen MR) is 107 cm³/mol. The van der Waals surface area contributed by atoms with E-state index in [0.29, 0.717) is 24.6 Å². The van der Waals surface area contributed by atoms with E-state index in [4.69, 9.17) is 0 Å². The highest BCUT2D eigenvalue weighted by Gasteiger charge is 2.31. The summed E-state index contributed by atoms with van der Waals surface area (Å²) in [6.07, 6.45) is -3.00. The molecule has 0 radical (unpaired) electrons. The number of nitrogens with zero attached hydrogens (tertiary/aromatic N) is 2. The molecule has 0 aliphatic carbocycles. The minimum Gasteiger partial charge on any atom is -0.405 e. The molecule has 3 rings (SSSR count). The van der Waals surface area contributed by atoms with Crippen molar-refractivity contribution in [3.8, 4) is 5.75 Å². The van der Waals surface area contributed by atoms with Gasteiger partial charge in [0.1, 0.15) is 5.75 Å². The molecule has 5 nitrogen and oxygen atoms in total. The van der Waals surface area contributed by atoms with Gasteiger partial charge in [-0.2, -0.15) is 0 Å². The van der Waals surface area contributed by atoms with Crippen molar-refractivity contribution in [1.82, 2.24) is 15.6 Å². The Balaban J connectivity index is 1.74. The van der Waals surface area contributed by atoms with Gasteiger partial charge in [0.15, 0.2) is 5.96 Å². The number of para-hydroxylation sites is 1. The number of hydrogen-bond acceptors (Lipinski definition) is 3. The normalized spacial score (nSPS) is 12.1. The first-order valence-corrected chi connectivity index (χ1v) is 9.14. The van der Waals surface area contributed by atoms with Crippen molar-refractivity contribution in [2.45, 2.75) is 26.4 Å². The van der Waals surface area contributed by atoms with E-state index in [9.17, 15) is 13.2 Å². The molecule has 0 aliphatic heterocycles. The van der Waals surface area contributed by atoms with E-state index in [0.717, 1.165) is 16.5 Å². The van der Waals surface area contributed by atoms with Crippen LogP contribution in [0.5, 0.6) is 5.75 Å². The van der Waals surface area contributed by atoms with Crippen LogP contribution in [0.2, 0.25) is 0 Å². The summed E-state index contributed by atoms with van der Waals surface area (Å²) in [7, 11) is 0. The number of pyridine rings is 1. The molecule has 152 valence electrons. The Morgan fingerprint density at radius 2 is 1.79 bits per heavy atom. The highest BCUT2D eigenvalue weighted by atomic mass is 19.4. The van der Waals surface area contributed by atoms with Gasteiger partial charge in [-0.25, -0.2) is 4.99 Å². The molecule has 2 aromatic carbocycles. The molecular formula is C21H21F3N4O. The number of halogens is 3. The molecule has 0 amide bonds. The third kappa shape index (κ3) is 5.84. The van der Waals surface area contributed by atoms with E-state index < -0.39 is 6.36 Å². The molecule has 0 atom stereocenters. The van der Waals surface area contributed by atoms with E-state index >= 15 is 0 Å². The van der Waals surface area contributed by atoms with Crippen LogP contribution in [0.3, 0.4) is 0 Å². The molecule has 1 aromatic heterocycles. The van der Waals surface area contributed by atoms with E-state index in [1.165, 1.54) is 12.1 Å². The second kappa shape index (κ2) is 9.27. The summed E-state index contributed by atoms with van der Waals surface area (Å²) in [6.45, 7) is 2.97. The zero-order valence-electron chi connectivity index (χ0n) is 15.8. The zero-order valence-corrected chi connectivity index (χ0v) is 15.8. The predicted octanol–water partition coefficient (Wildman–Crippen LogP) is 4.39. The average molecular weight is 402 g/mol. The number of alkyl halides is 3. The maximum atomic E-state index is 12.6. The third-order valence-corrected chi connectivity index (χ3v) is 4.13. The number of fused-ring (bicyclic) bond motifs is 1. The minimum absolute atomic E-state index is 0.0323. The molecule has 3 aromatic rings. The van der Waals surface area contributed by atoms with Gasteiger partial charge in [-0.15, -0.1) is 13.2 Å². The second-order valence-corrected chi connectivity index (χ2v) is 6.18. The summed E-state index contributed by atoms with van der Waals surface area (Å²) in [4.78, 5) is 8.81. The zero-order chi connectivity index (χ0) is 20.7. The Bertz CT molecular complexity index is 984. The Morgan fingerprint density at radius 3 is 2.59 bits per heavy atom. The molecule has 2 N–H and O–H groups in total. The molecule has 8 heteroatoms. The van der Waals surface area contributed by atoms with Gasteiger partial charge in [0.25, 0.3) is 0 Å². The van der Waals surface area contributed by atoms with E-state index in [-0.39, 0.29) is 12.3 Å². The number of benzene rings is 2. The molecule has 0 spiro atoms. The van der Waals surface area contributed by atoms with Gasteiger partial charge in [0.05, 0.1) is 18.8 Å². The van der Waals surface area contributed by atoms with Crippen LogP contribution in [-0.4, -0.2) is 23.9 Å².